The molecule has 2 aromatic carbocycles. The Labute approximate surface area is 207 Å². The monoisotopic (exact) mass is 490 g/mol. The van der Waals surface area contributed by atoms with E-state index in [-0.39, 0.29) is 10.5 Å². The molecule has 34 heavy (non-hydrogen) atoms. The highest BCUT2D eigenvalue weighted by Gasteiger charge is 2.18. The second-order valence-corrected chi connectivity index (χ2v) is 11.4. The molecule has 0 saturated carbocycles. The first-order chi connectivity index (χ1) is 16.7. The Kier molecular flexibility index (Phi) is 6.94. The van der Waals surface area contributed by atoms with Gasteiger partial charge in [0.2, 0.25) is 5.95 Å². The number of fused-ring (bicyclic) bond motifs is 1. The number of piperidine rings is 1. The molecule has 1 unspecified atom stereocenters. The van der Waals surface area contributed by atoms with Crippen LogP contribution >= 0.6 is 21.8 Å². The van der Waals surface area contributed by atoms with Gasteiger partial charge in [-0.3, -0.25) is 0 Å². The van der Waals surface area contributed by atoms with Crippen LogP contribution in [0.3, 0.4) is 0 Å². The fourth-order valence-electron chi connectivity index (χ4n) is 4.52. The highest BCUT2D eigenvalue weighted by Crippen LogP contribution is 2.40. The van der Waals surface area contributed by atoms with E-state index in [1.165, 1.54) is 16.0 Å². The van der Waals surface area contributed by atoms with Gasteiger partial charge in [-0.15, -0.1) is 11.3 Å². The third-order valence-corrected chi connectivity index (χ3v) is 9.14. The molecule has 4 aromatic rings. The lowest BCUT2D eigenvalue weighted by Gasteiger charge is -2.24. The third kappa shape index (κ3) is 4.60. The van der Waals surface area contributed by atoms with E-state index in [1.54, 1.807) is 18.4 Å². The average molecular weight is 491 g/mol. The van der Waals surface area contributed by atoms with Crippen molar-refractivity contribution < 1.29 is 4.74 Å². The van der Waals surface area contributed by atoms with Gasteiger partial charge in [-0.1, -0.05) is 29.6 Å². The average Bonchev–Trinajstić information content (AvgIpc) is 3.32. The maximum Gasteiger partial charge on any atom is 0.227 e. The minimum atomic E-state index is 0.0748. The van der Waals surface area contributed by atoms with E-state index in [2.05, 4.69) is 82.0 Å². The van der Waals surface area contributed by atoms with Gasteiger partial charge in [-0.05, 0) is 74.4 Å². The van der Waals surface area contributed by atoms with Crippen molar-refractivity contribution in [1.29, 1.82) is 0 Å². The Morgan fingerprint density at radius 2 is 1.97 bits per heavy atom. The summed E-state index contributed by atoms with van der Waals surface area (Å²) in [6.07, 6.45) is 6.49. The van der Waals surface area contributed by atoms with Gasteiger partial charge >= 0.3 is 0 Å². The van der Waals surface area contributed by atoms with Crippen LogP contribution in [0.25, 0.3) is 21.3 Å². The molecule has 0 amide bonds. The molecule has 5 rings (SSSR count). The van der Waals surface area contributed by atoms with E-state index in [1.807, 2.05) is 6.20 Å². The number of aromatic nitrogens is 2. The molecule has 7 heteroatoms. The predicted molar refractivity (Wildman–Crippen MR) is 147 cm³/mol. The van der Waals surface area contributed by atoms with Crippen LogP contribution in [-0.4, -0.2) is 41.8 Å². The topological polar surface area (TPSA) is 59.1 Å². The molecular weight excluding hydrogens is 460 g/mol. The van der Waals surface area contributed by atoms with Crippen molar-refractivity contribution in [3.8, 4) is 16.9 Å². The molecule has 2 aromatic heterocycles. The Bertz CT molecular complexity index is 1340. The first-order valence-electron chi connectivity index (χ1n) is 11.6. The van der Waals surface area contributed by atoms with E-state index in [9.17, 15) is 0 Å². The van der Waals surface area contributed by atoms with Gasteiger partial charge in [0.05, 0.1) is 29.2 Å². The standard InChI is InChI=1S/C27H30N4OS2/c1-4-34(3)25-8-6-5-7-20(25)21-17-33-24-16-29-27(31-26(21)24)30-22-10-9-19(15-23(22)32-2)18-11-13-28-14-12-18/h4-10,15-18,28H,11-14H2,1-3H3,(H,29,30,31). The summed E-state index contributed by atoms with van der Waals surface area (Å²) < 4.78 is 6.82. The predicted octanol–water partition coefficient (Wildman–Crippen LogP) is 6.66. The normalized spacial score (nSPS) is 15.5. The molecule has 1 saturated heterocycles. The van der Waals surface area contributed by atoms with E-state index in [0.717, 1.165) is 53.1 Å². The molecule has 3 heterocycles. The van der Waals surface area contributed by atoms with E-state index in [0.29, 0.717) is 11.9 Å². The van der Waals surface area contributed by atoms with Gasteiger partial charge in [0.25, 0.3) is 0 Å². The maximum atomic E-state index is 5.73. The molecule has 0 bridgehead atoms. The van der Waals surface area contributed by atoms with Crippen molar-refractivity contribution in [1.82, 2.24) is 15.3 Å². The van der Waals surface area contributed by atoms with Gasteiger partial charge in [-0.2, -0.15) is 10.5 Å². The molecule has 0 radical (unpaired) electrons. The van der Waals surface area contributed by atoms with E-state index >= 15 is 0 Å². The van der Waals surface area contributed by atoms with Crippen LogP contribution in [0.4, 0.5) is 11.6 Å². The van der Waals surface area contributed by atoms with Gasteiger partial charge in [0.1, 0.15) is 5.75 Å². The van der Waals surface area contributed by atoms with Gasteiger partial charge in [-0.25, -0.2) is 9.97 Å². The highest BCUT2D eigenvalue weighted by atomic mass is 32.2. The second-order valence-electron chi connectivity index (χ2n) is 8.45. The van der Waals surface area contributed by atoms with Crippen LogP contribution in [-0.2, 0) is 0 Å². The fourth-order valence-corrected chi connectivity index (χ4v) is 6.45. The summed E-state index contributed by atoms with van der Waals surface area (Å²) in [5.41, 5.74) is 5.60. The van der Waals surface area contributed by atoms with Crippen LogP contribution in [0.5, 0.6) is 5.75 Å². The van der Waals surface area contributed by atoms with Crippen molar-refractivity contribution >= 4 is 49.0 Å². The molecule has 0 spiro atoms. The number of hydrogen-bond acceptors (Lipinski definition) is 6. The molecule has 1 aliphatic rings. The summed E-state index contributed by atoms with van der Waals surface area (Å²) in [6.45, 7) is 4.27. The fraction of sp³-hybridized carbons (Fsp3) is 0.296. The Morgan fingerprint density at radius 1 is 1.15 bits per heavy atom. The second kappa shape index (κ2) is 10.3. The number of benzene rings is 2. The summed E-state index contributed by atoms with van der Waals surface area (Å²) >= 11 is 1.69. The number of anilines is 2. The Hall–Kier alpha value is -2.74. The lowest BCUT2D eigenvalue weighted by molar-refractivity contribution is 0.413. The first-order valence-corrected chi connectivity index (χ1v) is 14.2. The quantitative estimate of drug-likeness (QED) is 0.296. The highest BCUT2D eigenvalue weighted by molar-refractivity contribution is 8.14. The molecule has 0 aliphatic carbocycles. The zero-order valence-electron chi connectivity index (χ0n) is 19.8. The zero-order chi connectivity index (χ0) is 23.5. The number of hydrogen-bond donors (Lipinski definition) is 2. The SMILES string of the molecule is C/C=S(/C)c1ccccc1-c1csc2cnc(Nc3ccc(C4CCNCC4)cc3OC)nc12. The van der Waals surface area contributed by atoms with Crippen molar-refractivity contribution in [3.63, 3.8) is 0 Å². The minimum Gasteiger partial charge on any atom is -0.495 e. The maximum absolute atomic E-state index is 5.73. The van der Waals surface area contributed by atoms with Crippen molar-refractivity contribution in [2.24, 2.45) is 0 Å². The summed E-state index contributed by atoms with van der Waals surface area (Å²) in [4.78, 5) is 10.9. The largest absolute Gasteiger partial charge is 0.495 e. The Morgan fingerprint density at radius 3 is 2.76 bits per heavy atom. The van der Waals surface area contributed by atoms with Gasteiger partial charge in [0.15, 0.2) is 0 Å². The lowest BCUT2D eigenvalue weighted by atomic mass is 9.90. The molecule has 1 atom stereocenters. The molecule has 1 fully saturated rings. The summed E-state index contributed by atoms with van der Waals surface area (Å²) in [6, 6.07) is 15.1. The molecule has 176 valence electrons. The van der Waals surface area contributed by atoms with Crippen LogP contribution < -0.4 is 15.4 Å². The van der Waals surface area contributed by atoms with E-state index in [4.69, 9.17) is 9.72 Å². The smallest absolute Gasteiger partial charge is 0.227 e. The van der Waals surface area contributed by atoms with E-state index < -0.39 is 0 Å². The third-order valence-electron chi connectivity index (χ3n) is 6.47. The van der Waals surface area contributed by atoms with Gasteiger partial charge < -0.3 is 15.4 Å². The van der Waals surface area contributed by atoms with Crippen LogP contribution in [0, 0.1) is 0 Å². The number of thiophene rings is 1. The summed E-state index contributed by atoms with van der Waals surface area (Å²) in [5.74, 6) is 1.98. The van der Waals surface area contributed by atoms with Crippen molar-refractivity contribution in [2.45, 2.75) is 30.6 Å². The van der Waals surface area contributed by atoms with Crippen LogP contribution in [0.1, 0.15) is 31.2 Å². The number of rotatable bonds is 6. The molecule has 1 aliphatic heterocycles. The molecule has 5 nitrogen and oxygen atoms in total. The van der Waals surface area contributed by atoms with Crippen molar-refractivity contribution in [3.05, 3.63) is 59.6 Å². The molecule has 2 N–H and O–H groups in total. The number of nitrogens with zero attached hydrogens (tertiary/aromatic N) is 2. The zero-order valence-corrected chi connectivity index (χ0v) is 21.4. The number of nitrogens with one attached hydrogen (secondary N) is 2. The Balaban J connectivity index is 1.48. The van der Waals surface area contributed by atoms with Crippen LogP contribution in [0.15, 0.2) is 58.9 Å². The van der Waals surface area contributed by atoms with Crippen LogP contribution in [0.2, 0.25) is 0 Å². The summed E-state index contributed by atoms with van der Waals surface area (Å²) in [5, 5.41) is 11.3. The number of methoxy groups -OCH3 is 1. The van der Waals surface area contributed by atoms with Crippen molar-refractivity contribution in [2.75, 3.05) is 31.8 Å². The number of ether oxygens (including phenoxy) is 1. The molecular formula is C27H30N4OS2. The first kappa shape index (κ1) is 23.0. The summed E-state index contributed by atoms with van der Waals surface area (Å²) in [7, 11) is 1.79. The lowest BCUT2D eigenvalue weighted by Crippen LogP contribution is -2.26. The minimum absolute atomic E-state index is 0.0748. The van der Waals surface area contributed by atoms with Gasteiger partial charge in [0, 0.05) is 15.8 Å².